The summed E-state index contributed by atoms with van der Waals surface area (Å²) in [6.45, 7) is 1.64. The lowest BCUT2D eigenvalue weighted by Crippen LogP contribution is -2.46. The summed E-state index contributed by atoms with van der Waals surface area (Å²) in [7, 11) is 0. The van der Waals surface area contributed by atoms with Crippen LogP contribution in [0.4, 0.5) is 0 Å². The number of carbonyl (C=O) groups is 3. The molecule has 7 heteroatoms. The first-order chi connectivity index (χ1) is 11.5. The van der Waals surface area contributed by atoms with Gasteiger partial charge >= 0.3 is 5.97 Å². The van der Waals surface area contributed by atoms with E-state index in [1.54, 1.807) is 4.90 Å². The van der Waals surface area contributed by atoms with Gasteiger partial charge in [0, 0.05) is 25.8 Å². The third-order valence-electron chi connectivity index (χ3n) is 4.57. The number of hydrogen-bond donors (Lipinski definition) is 2. The van der Waals surface area contributed by atoms with Crippen LogP contribution in [0.2, 0.25) is 0 Å². The van der Waals surface area contributed by atoms with Gasteiger partial charge in [0.1, 0.15) is 5.69 Å². The van der Waals surface area contributed by atoms with Crippen LogP contribution in [0.5, 0.6) is 0 Å². The highest BCUT2D eigenvalue weighted by Gasteiger charge is 2.30. The fraction of sp³-hybridized carbons (Fsp3) is 0.529. The van der Waals surface area contributed by atoms with E-state index in [1.807, 2.05) is 0 Å². The van der Waals surface area contributed by atoms with Gasteiger partial charge in [0.2, 0.25) is 5.91 Å². The molecule has 0 radical (unpaired) electrons. The smallest absolute Gasteiger partial charge is 0.335 e. The largest absolute Gasteiger partial charge is 0.478 e. The molecule has 3 rings (SSSR count). The minimum Gasteiger partial charge on any atom is -0.478 e. The molecule has 2 aliphatic rings. The highest BCUT2D eigenvalue weighted by atomic mass is 16.4. The number of carboxylic acid groups (broad SMARTS) is 1. The minimum atomic E-state index is -1.09. The first-order valence-corrected chi connectivity index (χ1v) is 8.31. The highest BCUT2D eigenvalue weighted by Crippen LogP contribution is 2.28. The van der Waals surface area contributed by atoms with E-state index in [9.17, 15) is 14.4 Å². The lowest BCUT2D eigenvalue weighted by Gasteiger charge is -2.31. The van der Waals surface area contributed by atoms with Crippen LogP contribution in [-0.2, 0) is 4.79 Å². The molecule has 1 aromatic heterocycles. The van der Waals surface area contributed by atoms with E-state index < -0.39 is 5.97 Å². The number of rotatable bonds is 5. The van der Waals surface area contributed by atoms with Crippen molar-refractivity contribution in [2.24, 2.45) is 11.8 Å². The zero-order valence-electron chi connectivity index (χ0n) is 13.4. The fourth-order valence-corrected chi connectivity index (χ4v) is 2.93. The molecule has 1 saturated heterocycles. The Bertz CT molecular complexity index is 657. The van der Waals surface area contributed by atoms with E-state index in [0.717, 1.165) is 19.4 Å². The van der Waals surface area contributed by atoms with Crippen LogP contribution in [0.15, 0.2) is 18.3 Å². The van der Waals surface area contributed by atoms with Crippen molar-refractivity contribution in [2.45, 2.75) is 25.7 Å². The van der Waals surface area contributed by atoms with Crippen molar-refractivity contribution < 1.29 is 19.5 Å². The number of aromatic nitrogens is 1. The molecule has 0 bridgehead atoms. The number of hydrogen-bond acceptors (Lipinski definition) is 4. The number of nitrogens with one attached hydrogen (secondary N) is 1. The van der Waals surface area contributed by atoms with Gasteiger partial charge in [-0.05, 0) is 43.7 Å². The fourth-order valence-electron chi connectivity index (χ4n) is 2.93. The quantitative estimate of drug-likeness (QED) is 0.843. The molecule has 2 fully saturated rings. The van der Waals surface area contributed by atoms with Gasteiger partial charge in [-0.1, -0.05) is 0 Å². The third-order valence-corrected chi connectivity index (χ3v) is 4.57. The predicted octanol–water partition coefficient (Wildman–Crippen LogP) is 1.16. The summed E-state index contributed by atoms with van der Waals surface area (Å²) in [6.07, 6.45) is 5.21. The number of likely N-dealkylation sites (tertiary alicyclic amines) is 1. The predicted molar refractivity (Wildman–Crippen MR) is 85.6 cm³/mol. The van der Waals surface area contributed by atoms with Gasteiger partial charge in [0.25, 0.3) is 5.91 Å². The van der Waals surface area contributed by atoms with Gasteiger partial charge in [-0.25, -0.2) is 4.79 Å². The van der Waals surface area contributed by atoms with E-state index in [1.165, 1.54) is 31.2 Å². The Morgan fingerprint density at radius 3 is 2.79 bits per heavy atom. The van der Waals surface area contributed by atoms with Gasteiger partial charge in [-0.15, -0.1) is 0 Å². The summed E-state index contributed by atoms with van der Waals surface area (Å²) >= 11 is 0. The van der Waals surface area contributed by atoms with E-state index in [4.69, 9.17) is 5.11 Å². The molecule has 1 aromatic rings. The Balaban J connectivity index is 1.62. The molecule has 1 saturated carbocycles. The summed E-state index contributed by atoms with van der Waals surface area (Å²) < 4.78 is 0. The molecular weight excluding hydrogens is 310 g/mol. The van der Waals surface area contributed by atoms with Gasteiger partial charge in [-0.3, -0.25) is 14.6 Å². The number of carbonyl (C=O) groups excluding carboxylic acids is 2. The van der Waals surface area contributed by atoms with Gasteiger partial charge in [-0.2, -0.15) is 0 Å². The summed E-state index contributed by atoms with van der Waals surface area (Å²) in [5.74, 6) is -0.991. The van der Waals surface area contributed by atoms with Crippen molar-refractivity contribution in [3.05, 3.63) is 29.6 Å². The number of amides is 2. The molecule has 2 heterocycles. The minimum absolute atomic E-state index is 0.00615. The van der Waals surface area contributed by atoms with Crippen LogP contribution < -0.4 is 5.32 Å². The molecule has 0 spiro atoms. The standard InChI is InChI=1S/C17H21N3O4/c21-15(19-9-11-3-4-11)13-2-1-7-20(10-13)16(22)14-8-12(17(23)24)5-6-18-14/h5-6,8,11,13H,1-4,7,9-10H2,(H,19,21)(H,23,24). The molecule has 128 valence electrons. The number of aromatic carboxylic acids is 1. The zero-order valence-corrected chi connectivity index (χ0v) is 13.4. The van der Waals surface area contributed by atoms with Crippen molar-refractivity contribution in [3.63, 3.8) is 0 Å². The van der Waals surface area contributed by atoms with Gasteiger partial charge < -0.3 is 15.3 Å². The van der Waals surface area contributed by atoms with E-state index in [0.29, 0.717) is 19.0 Å². The van der Waals surface area contributed by atoms with Crippen LogP contribution >= 0.6 is 0 Å². The Labute approximate surface area is 140 Å². The monoisotopic (exact) mass is 331 g/mol. The molecule has 1 unspecified atom stereocenters. The molecule has 2 N–H and O–H groups in total. The Morgan fingerprint density at radius 2 is 2.08 bits per heavy atom. The van der Waals surface area contributed by atoms with Crippen LogP contribution in [-0.4, -0.2) is 52.4 Å². The molecule has 1 aliphatic heterocycles. The summed E-state index contributed by atoms with van der Waals surface area (Å²) in [6, 6.07) is 2.63. The molecular formula is C17H21N3O4. The maximum atomic E-state index is 12.6. The van der Waals surface area contributed by atoms with Crippen LogP contribution in [0.1, 0.15) is 46.5 Å². The van der Waals surface area contributed by atoms with Crippen molar-refractivity contribution in [2.75, 3.05) is 19.6 Å². The number of piperidine rings is 1. The topological polar surface area (TPSA) is 99.6 Å². The number of carboxylic acids is 1. The van der Waals surface area contributed by atoms with Gasteiger partial charge in [0.05, 0.1) is 11.5 Å². The van der Waals surface area contributed by atoms with Crippen LogP contribution in [0, 0.1) is 11.8 Å². The second kappa shape index (κ2) is 6.98. The van der Waals surface area contributed by atoms with Crippen molar-refractivity contribution in [3.8, 4) is 0 Å². The molecule has 0 aromatic carbocycles. The molecule has 24 heavy (non-hydrogen) atoms. The second-order valence-electron chi connectivity index (χ2n) is 6.51. The van der Waals surface area contributed by atoms with E-state index >= 15 is 0 Å². The van der Waals surface area contributed by atoms with Crippen LogP contribution in [0.25, 0.3) is 0 Å². The molecule has 1 aliphatic carbocycles. The molecule has 7 nitrogen and oxygen atoms in total. The Kier molecular flexibility index (Phi) is 4.78. The maximum absolute atomic E-state index is 12.6. The lowest BCUT2D eigenvalue weighted by atomic mass is 9.96. The number of pyridine rings is 1. The SMILES string of the molecule is O=C(O)c1ccnc(C(=O)N2CCCC(C(=O)NCC3CC3)C2)c1. The molecule has 1 atom stereocenters. The van der Waals surface area contributed by atoms with Crippen LogP contribution in [0.3, 0.4) is 0 Å². The number of nitrogens with zero attached hydrogens (tertiary/aromatic N) is 2. The highest BCUT2D eigenvalue weighted by molar-refractivity contribution is 5.96. The summed E-state index contributed by atoms with van der Waals surface area (Å²) in [4.78, 5) is 41.4. The molecule has 2 amide bonds. The lowest BCUT2D eigenvalue weighted by molar-refractivity contribution is -0.126. The normalized spacial score (nSPS) is 20.5. The van der Waals surface area contributed by atoms with E-state index in [-0.39, 0.29) is 29.0 Å². The average molecular weight is 331 g/mol. The summed E-state index contributed by atoms with van der Waals surface area (Å²) in [5.41, 5.74) is 0.137. The van der Waals surface area contributed by atoms with Crippen molar-refractivity contribution in [1.82, 2.24) is 15.2 Å². The van der Waals surface area contributed by atoms with Gasteiger partial charge in [0.15, 0.2) is 0 Å². The van der Waals surface area contributed by atoms with E-state index in [2.05, 4.69) is 10.3 Å². The Hall–Kier alpha value is -2.44. The second-order valence-corrected chi connectivity index (χ2v) is 6.51. The third kappa shape index (κ3) is 3.90. The zero-order chi connectivity index (χ0) is 17.1. The van der Waals surface area contributed by atoms with Crippen molar-refractivity contribution >= 4 is 17.8 Å². The summed E-state index contributed by atoms with van der Waals surface area (Å²) in [5, 5.41) is 12.0. The Morgan fingerprint density at radius 1 is 1.29 bits per heavy atom. The average Bonchev–Trinajstić information content (AvgIpc) is 3.43. The first-order valence-electron chi connectivity index (χ1n) is 8.31. The maximum Gasteiger partial charge on any atom is 0.335 e. The van der Waals surface area contributed by atoms with Crippen molar-refractivity contribution in [1.29, 1.82) is 0 Å². The first kappa shape index (κ1) is 16.4.